The summed E-state index contributed by atoms with van der Waals surface area (Å²) >= 11 is 0. The molecule has 96 valence electrons. The predicted molar refractivity (Wildman–Crippen MR) is 66.6 cm³/mol. The number of ether oxygens (including phenoxy) is 2. The normalized spacial score (nSPS) is 12.3. The van der Waals surface area contributed by atoms with Gasteiger partial charge in [0.2, 0.25) is 0 Å². The summed E-state index contributed by atoms with van der Waals surface area (Å²) in [6.45, 7) is 0.960. The van der Waals surface area contributed by atoms with Crippen molar-refractivity contribution < 1.29 is 19.0 Å². The molecule has 0 amide bonds. The lowest BCUT2D eigenvalue weighted by atomic mass is 10.0. The van der Waals surface area contributed by atoms with Crippen LogP contribution in [0.1, 0.15) is 17.2 Å². The van der Waals surface area contributed by atoms with Crippen LogP contribution in [0.5, 0.6) is 5.75 Å². The molecule has 1 unspecified atom stereocenters. The summed E-state index contributed by atoms with van der Waals surface area (Å²) in [5, 5.41) is 10.2. The lowest BCUT2D eigenvalue weighted by molar-refractivity contribution is 0.142. The van der Waals surface area contributed by atoms with Gasteiger partial charge in [-0.25, -0.2) is 0 Å². The van der Waals surface area contributed by atoms with Crippen LogP contribution in [0, 0.1) is 0 Å². The maximum absolute atomic E-state index is 10.2. The van der Waals surface area contributed by atoms with Gasteiger partial charge in [-0.3, -0.25) is 0 Å². The van der Waals surface area contributed by atoms with E-state index in [1.165, 1.54) is 12.5 Å². The van der Waals surface area contributed by atoms with Crippen LogP contribution in [-0.4, -0.2) is 25.4 Å². The number of para-hydroxylation sites is 1. The van der Waals surface area contributed by atoms with Crippen molar-refractivity contribution in [2.75, 3.05) is 20.3 Å². The first kappa shape index (κ1) is 12.7. The van der Waals surface area contributed by atoms with E-state index in [2.05, 4.69) is 0 Å². The van der Waals surface area contributed by atoms with Crippen LogP contribution in [-0.2, 0) is 4.74 Å². The van der Waals surface area contributed by atoms with E-state index in [0.29, 0.717) is 24.5 Å². The zero-order valence-corrected chi connectivity index (χ0v) is 10.2. The molecule has 0 aliphatic rings. The number of aliphatic hydroxyl groups excluding tert-OH is 1. The van der Waals surface area contributed by atoms with Gasteiger partial charge in [-0.05, 0) is 12.1 Å². The van der Waals surface area contributed by atoms with Gasteiger partial charge in [0.1, 0.15) is 18.5 Å². The Bertz CT molecular complexity index is 464. The highest BCUT2D eigenvalue weighted by molar-refractivity contribution is 5.39. The number of hydrogen-bond donors (Lipinski definition) is 1. The van der Waals surface area contributed by atoms with Crippen molar-refractivity contribution in [1.29, 1.82) is 0 Å². The van der Waals surface area contributed by atoms with Crippen molar-refractivity contribution in [1.82, 2.24) is 0 Å². The first-order valence-electron chi connectivity index (χ1n) is 5.73. The highest BCUT2D eigenvalue weighted by Crippen LogP contribution is 2.29. The minimum atomic E-state index is -0.748. The van der Waals surface area contributed by atoms with Gasteiger partial charge < -0.3 is 19.0 Å². The van der Waals surface area contributed by atoms with Gasteiger partial charge >= 0.3 is 0 Å². The molecular formula is C14H16O4. The second-order valence-electron chi connectivity index (χ2n) is 3.84. The second-order valence-corrected chi connectivity index (χ2v) is 3.84. The van der Waals surface area contributed by atoms with Crippen LogP contribution in [0.3, 0.4) is 0 Å². The third kappa shape index (κ3) is 2.91. The van der Waals surface area contributed by atoms with Crippen LogP contribution >= 0.6 is 0 Å². The Labute approximate surface area is 106 Å². The fourth-order valence-corrected chi connectivity index (χ4v) is 1.68. The Kier molecular flexibility index (Phi) is 4.39. The smallest absolute Gasteiger partial charge is 0.125 e. The van der Waals surface area contributed by atoms with Crippen molar-refractivity contribution in [3.05, 3.63) is 54.0 Å². The van der Waals surface area contributed by atoms with E-state index in [0.717, 1.165) is 5.56 Å². The Balaban J connectivity index is 2.16. The maximum Gasteiger partial charge on any atom is 0.125 e. The Morgan fingerprint density at radius 1 is 1.22 bits per heavy atom. The van der Waals surface area contributed by atoms with E-state index in [4.69, 9.17) is 13.9 Å². The van der Waals surface area contributed by atoms with Gasteiger partial charge in [-0.1, -0.05) is 18.2 Å². The van der Waals surface area contributed by atoms with Crippen molar-refractivity contribution in [2.45, 2.75) is 6.10 Å². The Morgan fingerprint density at radius 3 is 2.78 bits per heavy atom. The molecule has 0 radical (unpaired) electrons. The highest BCUT2D eigenvalue weighted by Gasteiger charge is 2.16. The fraction of sp³-hybridized carbons (Fsp3) is 0.286. The molecule has 0 spiro atoms. The average molecular weight is 248 g/mol. The highest BCUT2D eigenvalue weighted by atomic mass is 16.5. The van der Waals surface area contributed by atoms with Gasteiger partial charge in [-0.15, -0.1) is 0 Å². The van der Waals surface area contributed by atoms with E-state index in [1.54, 1.807) is 13.2 Å². The number of benzene rings is 1. The van der Waals surface area contributed by atoms with E-state index < -0.39 is 6.10 Å². The molecule has 0 aliphatic carbocycles. The molecule has 2 aromatic rings. The van der Waals surface area contributed by atoms with Gasteiger partial charge in [0.15, 0.2) is 0 Å². The molecule has 4 nitrogen and oxygen atoms in total. The molecule has 0 bridgehead atoms. The molecule has 1 N–H and O–H groups in total. The minimum Gasteiger partial charge on any atom is -0.491 e. The first-order valence-corrected chi connectivity index (χ1v) is 5.73. The van der Waals surface area contributed by atoms with Crippen LogP contribution in [0.25, 0.3) is 0 Å². The molecule has 0 aliphatic heterocycles. The molecule has 2 rings (SSSR count). The van der Waals surface area contributed by atoms with Gasteiger partial charge in [0.25, 0.3) is 0 Å². The van der Waals surface area contributed by atoms with Crippen LogP contribution in [0.15, 0.2) is 47.3 Å². The second kappa shape index (κ2) is 6.23. The van der Waals surface area contributed by atoms with Gasteiger partial charge in [0.05, 0.1) is 19.1 Å². The monoisotopic (exact) mass is 248 g/mol. The molecule has 0 saturated carbocycles. The summed E-state index contributed by atoms with van der Waals surface area (Å²) in [5.74, 6) is 0.656. The minimum absolute atomic E-state index is 0.450. The molecule has 1 atom stereocenters. The zero-order chi connectivity index (χ0) is 12.8. The summed E-state index contributed by atoms with van der Waals surface area (Å²) in [6, 6.07) is 9.13. The van der Waals surface area contributed by atoms with Crippen molar-refractivity contribution in [2.24, 2.45) is 0 Å². The van der Waals surface area contributed by atoms with Crippen LogP contribution < -0.4 is 4.74 Å². The Hall–Kier alpha value is -1.78. The molecule has 4 heteroatoms. The van der Waals surface area contributed by atoms with Gasteiger partial charge in [0, 0.05) is 18.2 Å². The zero-order valence-electron chi connectivity index (χ0n) is 10.2. The van der Waals surface area contributed by atoms with E-state index >= 15 is 0 Å². The summed E-state index contributed by atoms with van der Waals surface area (Å²) < 4.78 is 15.5. The number of rotatable bonds is 6. The fourth-order valence-electron chi connectivity index (χ4n) is 1.68. The third-order valence-electron chi connectivity index (χ3n) is 2.62. The average Bonchev–Trinajstić information content (AvgIpc) is 2.93. The molecular weight excluding hydrogens is 232 g/mol. The summed E-state index contributed by atoms with van der Waals surface area (Å²) in [6.07, 6.45) is 2.31. The number of furan rings is 1. The third-order valence-corrected chi connectivity index (χ3v) is 2.62. The van der Waals surface area contributed by atoms with E-state index in [-0.39, 0.29) is 0 Å². The maximum atomic E-state index is 10.2. The predicted octanol–water partition coefficient (Wildman–Crippen LogP) is 2.39. The largest absolute Gasteiger partial charge is 0.491 e. The molecule has 1 aromatic carbocycles. The van der Waals surface area contributed by atoms with Crippen molar-refractivity contribution >= 4 is 0 Å². The quantitative estimate of drug-likeness (QED) is 0.797. The van der Waals surface area contributed by atoms with E-state index in [1.807, 2.05) is 24.3 Å². The van der Waals surface area contributed by atoms with E-state index in [9.17, 15) is 5.11 Å². The summed E-state index contributed by atoms with van der Waals surface area (Å²) in [7, 11) is 1.62. The number of hydrogen-bond acceptors (Lipinski definition) is 4. The first-order chi connectivity index (χ1) is 8.83. The lowest BCUT2D eigenvalue weighted by Crippen LogP contribution is -2.08. The Morgan fingerprint density at radius 2 is 2.06 bits per heavy atom. The number of methoxy groups -OCH3 is 1. The molecule has 0 saturated heterocycles. The SMILES string of the molecule is COCCOc1ccccc1C(O)c1ccoc1. The topological polar surface area (TPSA) is 51.8 Å². The lowest BCUT2D eigenvalue weighted by Gasteiger charge is -2.14. The molecule has 1 heterocycles. The molecule has 0 fully saturated rings. The standard InChI is InChI=1S/C14H16O4/c1-16-8-9-18-13-5-3-2-4-12(13)14(15)11-6-7-17-10-11/h2-7,10,14-15H,8-9H2,1H3. The van der Waals surface area contributed by atoms with Gasteiger partial charge in [-0.2, -0.15) is 0 Å². The number of aliphatic hydroxyl groups is 1. The summed E-state index contributed by atoms with van der Waals surface area (Å²) in [5.41, 5.74) is 1.42. The summed E-state index contributed by atoms with van der Waals surface area (Å²) in [4.78, 5) is 0. The molecule has 1 aromatic heterocycles. The van der Waals surface area contributed by atoms with Crippen molar-refractivity contribution in [3.8, 4) is 5.75 Å². The van der Waals surface area contributed by atoms with Crippen molar-refractivity contribution in [3.63, 3.8) is 0 Å². The van der Waals surface area contributed by atoms with Crippen LogP contribution in [0.4, 0.5) is 0 Å². The molecule has 18 heavy (non-hydrogen) atoms. The van der Waals surface area contributed by atoms with Crippen LogP contribution in [0.2, 0.25) is 0 Å².